The van der Waals surface area contributed by atoms with Crippen LogP contribution in [0.15, 0.2) is 29.2 Å². The third-order valence-corrected chi connectivity index (χ3v) is 3.26. The van der Waals surface area contributed by atoms with Gasteiger partial charge in [-0.05, 0) is 46.1 Å². The average Bonchev–Trinajstić information content (AvgIpc) is 2.35. The first kappa shape index (κ1) is 16.7. The summed E-state index contributed by atoms with van der Waals surface area (Å²) in [7, 11) is 0. The van der Waals surface area contributed by atoms with Crippen molar-refractivity contribution in [2.75, 3.05) is 18.1 Å². The molecular weight excluding hydrogens is 272 g/mol. The van der Waals surface area contributed by atoms with Crippen molar-refractivity contribution in [3.8, 4) is 0 Å². The molecule has 1 rings (SSSR count). The zero-order valence-electron chi connectivity index (χ0n) is 12.8. The molecule has 0 bridgehead atoms. The molecule has 2 N–H and O–H groups in total. The summed E-state index contributed by atoms with van der Waals surface area (Å²) in [5, 5.41) is 6.15. The Bertz CT molecular complexity index is 444. The van der Waals surface area contributed by atoms with E-state index in [1.54, 1.807) is 11.8 Å². The Morgan fingerprint density at radius 3 is 2.60 bits per heavy atom. The summed E-state index contributed by atoms with van der Waals surface area (Å²) in [5.74, 6) is 0. The Labute approximate surface area is 125 Å². The van der Waals surface area contributed by atoms with Crippen molar-refractivity contribution in [2.45, 2.75) is 44.2 Å². The van der Waals surface area contributed by atoms with Crippen LogP contribution in [-0.2, 0) is 4.74 Å². The highest BCUT2D eigenvalue weighted by atomic mass is 32.2. The van der Waals surface area contributed by atoms with Gasteiger partial charge in [-0.25, -0.2) is 4.79 Å². The molecule has 0 spiro atoms. The summed E-state index contributed by atoms with van der Waals surface area (Å²) < 4.78 is 5.20. The maximum atomic E-state index is 11.6. The zero-order chi connectivity index (χ0) is 15.2. The molecule has 112 valence electrons. The zero-order valence-corrected chi connectivity index (χ0v) is 13.6. The molecule has 0 fully saturated rings. The Balaban J connectivity index is 2.44. The quantitative estimate of drug-likeness (QED) is 0.813. The van der Waals surface area contributed by atoms with E-state index >= 15 is 0 Å². The van der Waals surface area contributed by atoms with Gasteiger partial charge in [-0.1, -0.05) is 12.1 Å². The number of rotatable bonds is 5. The second-order valence-corrected chi connectivity index (χ2v) is 6.48. The number of thioether (sulfide) groups is 1. The summed E-state index contributed by atoms with van der Waals surface area (Å²) in [5.41, 5.74) is 0.616. The monoisotopic (exact) mass is 296 g/mol. The van der Waals surface area contributed by atoms with Gasteiger partial charge in [0.1, 0.15) is 5.60 Å². The van der Waals surface area contributed by atoms with Crippen LogP contribution >= 0.6 is 11.8 Å². The molecule has 20 heavy (non-hydrogen) atoms. The highest BCUT2D eigenvalue weighted by Gasteiger charge is 2.16. The number of ether oxygens (including phenoxy) is 1. The predicted molar refractivity (Wildman–Crippen MR) is 85.5 cm³/mol. The Kier molecular flexibility index (Phi) is 6.20. The van der Waals surface area contributed by atoms with Crippen molar-refractivity contribution >= 4 is 23.5 Å². The van der Waals surface area contributed by atoms with Crippen LogP contribution in [0.25, 0.3) is 0 Å². The standard InChI is InChI=1S/C15H24N2O2S/c1-11(10-16-14(18)19-15(2,3)4)17-12-8-6-7-9-13(12)20-5/h6-9,11,17H,10H2,1-5H3,(H,16,18). The van der Waals surface area contributed by atoms with Crippen molar-refractivity contribution in [1.29, 1.82) is 0 Å². The third-order valence-electron chi connectivity index (χ3n) is 2.46. The molecule has 1 aromatic rings. The lowest BCUT2D eigenvalue weighted by molar-refractivity contribution is 0.0526. The third kappa shape index (κ3) is 6.19. The minimum Gasteiger partial charge on any atom is -0.444 e. The number of para-hydroxylation sites is 1. The van der Waals surface area contributed by atoms with Crippen LogP contribution in [0.3, 0.4) is 0 Å². The van der Waals surface area contributed by atoms with Gasteiger partial charge in [0.25, 0.3) is 0 Å². The van der Waals surface area contributed by atoms with E-state index in [1.165, 1.54) is 4.90 Å². The van der Waals surface area contributed by atoms with E-state index in [0.29, 0.717) is 6.54 Å². The lowest BCUT2D eigenvalue weighted by Crippen LogP contribution is -2.38. The van der Waals surface area contributed by atoms with Gasteiger partial charge in [0.05, 0.1) is 0 Å². The van der Waals surface area contributed by atoms with Crippen molar-refractivity contribution in [3.63, 3.8) is 0 Å². The van der Waals surface area contributed by atoms with Crippen LogP contribution in [-0.4, -0.2) is 30.5 Å². The minimum atomic E-state index is -0.466. The molecule has 1 aromatic carbocycles. The van der Waals surface area contributed by atoms with Gasteiger partial charge in [0.2, 0.25) is 0 Å². The molecule has 0 aromatic heterocycles. The van der Waals surface area contributed by atoms with Crippen LogP contribution in [0, 0.1) is 0 Å². The van der Waals surface area contributed by atoms with Crippen LogP contribution < -0.4 is 10.6 Å². The molecule has 0 saturated heterocycles. The smallest absolute Gasteiger partial charge is 0.407 e. The highest BCUT2D eigenvalue weighted by Crippen LogP contribution is 2.24. The summed E-state index contributed by atoms with van der Waals surface area (Å²) in [6.07, 6.45) is 1.66. The molecule has 0 aliphatic carbocycles. The summed E-state index contributed by atoms with van der Waals surface area (Å²) >= 11 is 1.70. The first-order valence-electron chi connectivity index (χ1n) is 6.68. The van der Waals surface area contributed by atoms with E-state index in [-0.39, 0.29) is 12.1 Å². The van der Waals surface area contributed by atoms with Gasteiger partial charge in [0.15, 0.2) is 0 Å². The van der Waals surface area contributed by atoms with E-state index < -0.39 is 5.60 Å². The lowest BCUT2D eigenvalue weighted by Gasteiger charge is -2.22. The number of nitrogens with one attached hydrogen (secondary N) is 2. The van der Waals surface area contributed by atoms with Crippen molar-refractivity contribution in [1.82, 2.24) is 5.32 Å². The number of hydrogen-bond acceptors (Lipinski definition) is 4. The first-order chi connectivity index (χ1) is 9.31. The lowest BCUT2D eigenvalue weighted by atomic mass is 10.2. The number of benzene rings is 1. The van der Waals surface area contributed by atoms with E-state index in [0.717, 1.165) is 5.69 Å². The van der Waals surface area contributed by atoms with Gasteiger partial charge in [0, 0.05) is 23.2 Å². The Hall–Kier alpha value is -1.36. The van der Waals surface area contributed by atoms with E-state index in [1.807, 2.05) is 52.1 Å². The molecule has 0 aliphatic rings. The average molecular weight is 296 g/mol. The van der Waals surface area contributed by atoms with Crippen molar-refractivity contribution < 1.29 is 9.53 Å². The van der Waals surface area contributed by atoms with Gasteiger partial charge in [-0.15, -0.1) is 11.8 Å². The molecular formula is C15H24N2O2S. The molecule has 0 radical (unpaired) electrons. The molecule has 1 atom stereocenters. The maximum absolute atomic E-state index is 11.6. The van der Waals surface area contributed by atoms with Crippen LogP contribution in [0.4, 0.5) is 10.5 Å². The van der Waals surface area contributed by atoms with Crippen molar-refractivity contribution in [3.05, 3.63) is 24.3 Å². The highest BCUT2D eigenvalue weighted by molar-refractivity contribution is 7.98. The maximum Gasteiger partial charge on any atom is 0.407 e. The number of alkyl carbamates (subject to hydrolysis) is 1. The molecule has 1 unspecified atom stereocenters. The molecule has 0 saturated carbocycles. The van der Waals surface area contributed by atoms with E-state index in [2.05, 4.69) is 16.7 Å². The normalized spacial score (nSPS) is 12.7. The fraction of sp³-hybridized carbons (Fsp3) is 0.533. The topological polar surface area (TPSA) is 50.4 Å². The van der Waals surface area contributed by atoms with Gasteiger partial charge in [-0.3, -0.25) is 0 Å². The fourth-order valence-corrected chi connectivity index (χ4v) is 2.19. The summed E-state index contributed by atoms with van der Waals surface area (Å²) in [6.45, 7) is 8.08. The van der Waals surface area contributed by atoms with Gasteiger partial charge in [-0.2, -0.15) is 0 Å². The summed E-state index contributed by atoms with van der Waals surface area (Å²) in [6, 6.07) is 8.24. The van der Waals surface area contributed by atoms with Crippen molar-refractivity contribution in [2.24, 2.45) is 0 Å². The van der Waals surface area contributed by atoms with Crippen LogP contribution in [0.2, 0.25) is 0 Å². The van der Waals surface area contributed by atoms with E-state index in [4.69, 9.17) is 4.74 Å². The first-order valence-corrected chi connectivity index (χ1v) is 7.90. The number of carbonyl (C=O) groups excluding carboxylic acids is 1. The number of carbonyl (C=O) groups is 1. The fourth-order valence-electron chi connectivity index (χ4n) is 1.63. The van der Waals surface area contributed by atoms with Gasteiger partial charge < -0.3 is 15.4 Å². The van der Waals surface area contributed by atoms with Crippen LogP contribution in [0.1, 0.15) is 27.7 Å². The Morgan fingerprint density at radius 1 is 1.35 bits per heavy atom. The number of anilines is 1. The number of hydrogen-bond donors (Lipinski definition) is 2. The molecule has 1 amide bonds. The largest absolute Gasteiger partial charge is 0.444 e. The predicted octanol–water partition coefficient (Wildman–Crippen LogP) is 3.73. The minimum absolute atomic E-state index is 0.121. The molecule has 4 nitrogen and oxygen atoms in total. The van der Waals surface area contributed by atoms with Gasteiger partial charge >= 0.3 is 6.09 Å². The second kappa shape index (κ2) is 7.43. The second-order valence-electron chi connectivity index (χ2n) is 5.63. The molecule has 0 heterocycles. The van der Waals surface area contributed by atoms with Crippen LogP contribution in [0.5, 0.6) is 0 Å². The summed E-state index contributed by atoms with van der Waals surface area (Å²) in [4.78, 5) is 12.8. The van der Waals surface area contributed by atoms with E-state index in [9.17, 15) is 4.79 Å². The number of amides is 1. The SMILES string of the molecule is CSc1ccccc1NC(C)CNC(=O)OC(C)(C)C. The molecule has 5 heteroatoms. The Morgan fingerprint density at radius 2 is 2.00 bits per heavy atom. The molecule has 0 aliphatic heterocycles.